The fourth-order valence-electron chi connectivity index (χ4n) is 3.24. The number of hydrogen-bond donors (Lipinski definition) is 1. The first kappa shape index (κ1) is 21.7. The summed E-state index contributed by atoms with van der Waals surface area (Å²) in [6, 6.07) is 18.5. The molecule has 2 aromatic heterocycles. The lowest BCUT2D eigenvalue weighted by Gasteiger charge is -2.10. The number of carbonyl (C=O) groups is 1. The van der Waals surface area contributed by atoms with E-state index in [4.69, 9.17) is 25.5 Å². The molecule has 2 aromatic carbocycles. The molecule has 0 aliphatic rings. The van der Waals surface area contributed by atoms with E-state index in [0.717, 1.165) is 24.2 Å². The van der Waals surface area contributed by atoms with Crippen molar-refractivity contribution in [3.05, 3.63) is 82.8 Å². The molecule has 0 spiro atoms. The van der Waals surface area contributed by atoms with Gasteiger partial charge in [0.2, 0.25) is 0 Å². The van der Waals surface area contributed by atoms with Crippen LogP contribution in [-0.2, 0) is 11.2 Å². The molecule has 0 unspecified atom stereocenters. The van der Waals surface area contributed by atoms with Crippen LogP contribution >= 0.6 is 11.6 Å². The molecule has 0 aliphatic carbocycles. The minimum Gasteiger partial charge on any atom is -0.505 e. The van der Waals surface area contributed by atoms with Gasteiger partial charge in [-0.05, 0) is 36.2 Å². The third kappa shape index (κ3) is 4.86. The lowest BCUT2D eigenvalue weighted by Crippen LogP contribution is -2.09. The Morgan fingerprint density at radius 3 is 2.69 bits per heavy atom. The van der Waals surface area contributed by atoms with E-state index in [2.05, 4.69) is 4.98 Å². The average Bonchev–Trinajstić information content (AvgIpc) is 3.23. The normalized spacial score (nSPS) is 10.9. The fourth-order valence-corrected chi connectivity index (χ4v) is 3.48. The predicted molar refractivity (Wildman–Crippen MR) is 122 cm³/mol. The largest absolute Gasteiger partial charge is 0.505 e. The van der Waals surface area contributed by atoms with Crippen molar-refractivity contribution >= 4 is 28.3 Å². The van der Waals surface area contributed by atoms with Gasteiger partial charge in [0, 0.05) is 23.3 Å². The van der Waals surface area contributed by atoms with Gasteiger partial charge in [0.25, 0.3) is 5.95 Å². The number of nitrogens with zero attached hydrogens (tertiary/aromatic N) is 1. The fraction of sp³-hybridized carbons (Fsp3) is 0.200. The van der Waals surface area contributed by atoms with Gasteiger partial charge in [-0.15, -0.1) is 0 Å². The molecule has 2 heterocycles. The van der Waals surface area contributed by atoms with Gasteiger partial charge in [-0.2, -0.15) is 0 Å². The monoisotopic (exact) mass is 451 g/mol. The summed E-state index contributed by atoms with van der Waals surface area (Å²) < 4.78 is 16.7. The number of unbranched alkanes of at least 4 members (excludes halogenated alkanes) is 1. The summed E-state index contributed by atoms with van der Waals surface area (Å²) in [4.78, 5) is 16.3. The van der Waals surface area contributed by atoms with Crippen molar-refractivity contribution < 1.29 is 23.8 Å². The van der Waals surface area contributed by atoms with E-state index in [-0.39, 0.29) is 23.2 Å². The Morgan fingerprint density at radius 1 is 1.09 bits per heavy atom. The van der Waals surface area contributed by atoms with Crippen molar-refractivity contribution in [1.29, 1.82) is 0 Å². The van der Waals surface area contributed by atoms with E-state index >= 15 is 0 Å². The highest BCUT2D eigenvalue weighted by molar-refractivity contribution is 6.35. The van der Waals surface area contributed by atoms with Crippen molar-refractivity contribution in [2.75, 3.05) is 6.61 Å². The Labute approximate surface area is 190 Å². The van der Waals surface area contributed by atoms with Crippen LogP contribution in [0.15, 0.2) is 65.1 Å². The summed E-state index contributed by atoms with van der Waals surface area (Å²) in [7, 11) is 0. The van der Waals surface area contributed by atoms with Gasteiger partial charge in [-0.3, -0.25) is 0 Å². The molecule has 32 heavy (non-hydrogen) atoms. The number of aromatic nitrogens is 1. The Balaban J connectivity index is 1.53. The van der Waals surface area contributed by atoms with Crippen molar-refractivity contribution in [2.45, 2.75) is 26.2 Å². The zero-order chi connectivity index (χ0) is 22.5. The van der Waals surface area contributed by atoms with Crippen LogP contribution < -0.4 is 4.74 Å². The summed E-state index contributed by atoms with van der Waals surface area (Å²) in [5, 5.41) is 11.4. The van der Waals surface area contributed by atoms with E-state index in [1.165, 1.54) is 0 Å². The first-order chi connectivity index (χ1) is 15.5. The van der Waals surface area contributed by atoms with Gasteiger partial charge in [-0.25, -0.2) is 9.78 Å². The molecule has 1 N–H and O–H groups in total. The van der Waals surface area contributed by atoms with Gasteiger partial charge in [0.1, 0.15) is 16.7 Å². The maximum absolute atomic E-state index is 12.2. The van der Waals surface area contributed by atoms with Crippen LogP contribution in [0.5, 0.6) is 17.4 Å². The predicted octanol–water partition coefficient (Wildman–Crippen LogP) is 6.53. The van der Waals surface area contributed by atoms with Crippen LogP contribution in [-0.4, -0.2) is 22.7 Å². The lowest BCUT2D eigenvalue weighted by molar-refractivity contribution is 0.0489. The lowest BCUT2D eigenvalue weighted by atomic mass is 10.1. The first-order valence-electron chi connectivity index (χ1n) is 10.3. The smallest absolute Gasteiger partial charge is 0.360 e. The van der Waals surface area contributed by atoms with Crippen LogP contribution in [0.4, 0.5) is 0 Å². The number of ether oxygens (including phenoxy) is 2. The number of benzene rings is 2. The van der Waals surface area contributed by atoms with Gasteiger partial charge in [0.05, 0.1) is 6.61 Å². The van der Waals surface area contributed by atoms with Crippen LogP contribution in [0.3, 0.4) is 0 Å². The number of furan rings is 1. The molecular weight excluding hydrogens is 430 g/mol. The number of hydrogen-bond acceptors (Lipinski definition) is 6. The quantitative estimate of drug-likeness (QED) is 0.186. The Bertz CT molecular complexity index is 1240. The molecule has 0 atom stereocenters. The molecule has 0 amide bonds. The molecule has 6 nitrogen and oxygen atoms in total. The molecule has 0 saturated carbocycles. The molecule has 0 radical (unpaired) electrons. The summed E-state index contributed by atoms with van der Waals surface area (Å²) in [5.41, 5.74) is 0.931. The molecule has 4 rings (SSSR count). The minimum absolute atomic E-state index is 0.0647. The number of pyridine rings is 1. The van der Waals surface area contributed by atoms with Crippen LogP contribution in [0.25, 0.3) is 10.8 Å². The summed E-state index contributed by atoms with van der Waals surface area (Å²) >= 11 is 6.30. The van der Waals surface area contributed by atoms with E-state index < -0.39 is 5.97 Å². The van der Waals surface area contributed by atoms with Crippen molar-refractivity contribution in [3.63, 3.8) is 0 Å². The highest BCUT2D eigenvalue weighted by Gasteiger charge is 2.20. The topological polar surface area (TPSA) is 81.8 Å². The SMILES string of the molecule is CCCCOC(=O)c1nc(Cl)c2cc(Oc3ccc(Cc4ccccc4)o3)ccc2c1O. The molecule has 0 aliphatic heterocycles. The second kappa shape index (κ2) is 9.75. The molecule has 4 aromatic rings. The Morgan fingerprint density at radius 2 is 1.91 bits per heavy atom. The highest BCUT2D eigenvalue weighted by atomic mass is 35.5. The third-order valence-corrected chi connectivity index (χ3v) is 5.19. The molecule has 0 saturated heterocycles. The van der Waals surface area contributed by atoms with Crippen molar-refractivity contribution in [1.82, 2.24) is 4.98 Å². The molecule has 7 heteroatoms. The second-order valence-corrected chi connectivity index (χ2v) is 7.64. The molecule has 0 fully saturated rings. The van der Waals surface area contributed by atoms with Crippen LogP contribution in [0.2, 0.25) is 5.15 Å². The van der Waals surface area contributed by atoms with Crippen molar-refractivity contribution in [2.24, 2.45) is 0 Å². The summed E-state index contributed by atoms with van der Waals surface area (Å²) in [5.74, 6) is 0.581. The number of halogens is 1. The third-order valence-electron chi connectivity index (χ3n) is 4.90. The van der Waals surface area contributed by atoms with Crippen molar-refractivity contribution in [3.8, 4) is 17.4 Å². The Hall–Kier alpha value is -3.51. The van der Waals surface area contributed by atoms with Crippen LogP contribution in [0, 0.1) is 0 Å². The summed E-state index contributed by atoms with van der Waals surface area (Å²) in [6.07, 6.45) is 2.27. The number of fused-ring (bicyclic) bond motifs is 1. The van der Waals surface area contributed by atoms with Gasteiger partial charge in [-0.1, -0.05) is 55.3 Å². The zero-order valence-corrected chi connectivity index (χ0v) is 18.3. The zero-order valence-electron chi connectivity index (χ0n) is 17.5. The second-order valence-electron chi connectivity index (χ2n) is 7.28. The molecule has 0 bridgehead atoms. The van der Waals surface area contributed by atoms with E-state index in [9.17, 15) is 9.90 Å². The number of esters is 1. The maximum atomic E-state index is 12.2. The number of rotatable bonds is 8. The minimum atomic E-state index is -0.707. The number of carbonyl (C=O) groups excluding carboxylic acids is 1. The van der Waals surface area contributed by atoms with Crippen LogP contribution in [0.1, 0.15) is 41.6 Å². The van der Waals surface area contributed by atoms with E-state index in [1.807, 2.05) is 43.3 Å². The highest BCUT2D eigenvalue weighted by Crippen LogP contribution is 2.36. The maximum Gasteiger partial charge on any atom is 0.360 e. The average molecular weight is 452 g/mol. The van der Waals surface area contributed by atoms with E-state index in [0.29, 0.717) is 28.9 Å². The number of aromatic hydroxyl groups is 1. The molecular formula is C25H22ClNO5. The van der Waals surface area contributed by atoms with Gasteiger partial charge >= 0.3 is 5.97 Å². The first-order valence-corrected chi connectivity index (χ1v) is 10.7. The van der Waals surface area contributed by atoms with E-state index in [1.54, 1.807) is 24.3 Å². The van der Waals surface area contributed by atoms with Gasteiger partial charge in [0.15, 0.2) is 11.4 Å². The Kier molecular flexibility index (Phi) is 6.61. The summed E-state index contributed by atoms with van der Waals surface area (Å²) in [6.45, 7) is 2.25. The van der Waals surface area contributed by atoms with Gasteiger partial charge < -0.3 is 19.0 Å². The molecule has 164 valence electrons. The standard InChI is InChI=1S/C25H22ClNO5/c1-2-3-13-30-25(29)22-23(28)19-11-9-18(15-20(19)24(26)27-22)32-21-12-10-17(31-21)14-16-7-5-4-6-8-16/h4-12,15,28H,2-3,13-14H2,1H3.